The van der Waals surface area contributed by atoms with Crippen LogP contribution in [0, 0.1) is 10.8 Å². The first-order valence-corrected chi connectivity index (χ1v) is 4.03. The Kier molecular flexibility index (Phi) is 3.30. The lowest BCUT2D eigenvalue weighted by Gasteiger charge is -2.11. The lowest BCUT2D eigenvalue weighted by atomic mass is 9.97. The molecule has 1 aliphatic carbocycles. The maximum absolute atomic E-state index is 9.81. The number of allylic oxidation sites excluding steroid dienone is 4. The molecule has 0 aromatic rings. The Hall–Kier alpha value is -0.630. The topological polar surface area (TPSA) is 29.4 Å². The second-order valence-electron chi connectivity index (χ2n) is 2.59. The highest BCUT2D eigenvalue weighted by Gasteiger charge is 2.07. The van der Waals surface area contributed by atoms with E-state index >= 15 is 0 Å². The summed E-state index contributed by atoms with van der Waals surface area (Å²) in [5.74, 6) is 0.408. The van der Waals surface area contributed by atoms with Gasteiger partial charge in [0.05, 0.1) is 6.54 Å². The predicted molar refractivity (Wildman–Crippen MR) is 46.5 cm³/mol. The molecule has 0 bridgehead atoms. The van der Waals surface area contributed by atoms with Gasteiger partial charge in [0.25, 0.3) is 0 Å². The fourth-order valence-electron chi connectivity index (χ4n) is 1.12. The average molecular weight is 172 g/mol. The molecule has 1 rings (SSSR count). The summed E-state index contributed by atoms with van der Waals surface area (Å²) in [4.78, 5) is 9.81. The Balaban J connectivity index is 2.37. The second kappa shape index (κ2) is 4.29. The van der Waals surface area contributed by atoms with Gasteiger partial charge in [-0.25, -0.2) is 0 Å². The molecule has 0 N–H and O–H groups in total. The average Bonchev–Trinajstić information content (AvgIpc) is 2.01. The van der Waals surface area contributed by atoms with Gasteiger partial charge in [0.1, 0.15) is 0 Å². The summed E-state index contributed by atoms with van der Waals surface area (Å²) in [7, 11) is 0. The van der Waals surface area contributed by atoms with Gasteiger partial charge < -0.3 is 0 Å². The molecule has 11 heavy (non-hydrogen) atoms. The highest BCUT2D eigenvalue weighted by molar-refractivity contribution is 6.31. The van der Waals surface area contributed by atoms with E-state index in [1.165, 1.54) is 0 Å². The molecule has 0 aromatic carbocycles. The Morgan fingerprint density at radius 2 is 2.55 bits per heavy atom. The minimum absolute atomic E-state index is 0.388. The van der Waals surface area contributed by atoms with Crippen molar-refractivity contribution in [3.05, 3.63) is 28.2 Å². The lowest BCUT2D eigenvalue weighted by Crippen LogP contribution is -2.00. The maximum atomic E-state index is 9.81. The van der Waals surface area contributed by atoms with Gasteiger partial charge in [-0.15, -0.1) is 0 Å². The Bertz CT molecular complexity index is 198. The molecule has 60 valence electrons. The Morgan fingerprint density at radius 3 is 3.18 bits per heavy atom. The fraction of sp³-hybridized carbons (Fsp3) is 0.500. The van der Waals surface area contributed by atoms with Gasteiger partial charge >= 0.3 is 0 Å². The van der Waals surface area contributed by atoms with Crippen LogP contribution >= 0.6 is 11.6 Å². The van der Waals surface area contributed by atoms with Crippen molar-refractivity contribution in [3.8, 4) is 0 Å². The molecule has 0 radical (unpaired) electrons. The molecule has 0 fully saturated rings. The fourth-order valence-corrected chi connectivity index (χ4v) is 1.39. The summed E-state index contributed by atoms with van der Waals surface area (Å²) >= 11 is 5.76. The molecule has 0 aliphatic heterocycles. The molecule has 0 spiro atoms. The number of halogens is 1. The van der Waals surface area contributed by atoms with Crippen molar-refractivity contribution in [1.29, 1.82) is 0 Å². The van der Waals surface area contributed by atoms with Gasteiger partial charge in [-0.3, -0.25) is 0 Å². The first kappa shape index (κ1) is 8.47. The van der Waals surface area contributed by atoms with Gasteiger partial charge in [0.2, 0.25) is 0 Å². The molecular formula is C8H10ClNO. The summed E-state index contributed by atoms with van der Waals surface area (Å²) in [6, 6.07) is 0. The van der Waals surface area contributed by atoms with E-state index in [0.29, 0.717) is 12.5 Å². The van der Waals surface area contributed by atoms with Crippen LogP contribution in [0.25, 0.3) is 0 Å². The lowest BCUT2D eigenvalue weighted by molar-refractivity contribution is 0.602. The van der Waals surface area contributed by atoms with Gasteiger partial charge in [-0.1, -0.05) is 28.9 Å². The summed E-state index contributed by atoms with van der Waals surface area (Å²) in [6.45, 7) is 0.388. The number of rotatable bonds is 3. The molecule has 0 aromatic heterocycles. The molecule has 0 amide bonds. The van der Waals surface area contributed by atoms with Gasteiger partial charge in [0.15, 0.2) is 0 Å². The summed E-state index contributed by atoms with van der Waals surface area (Å²) < 4.78 is 0. The van der Waals surface area contributed by atoms with E-state index in [0.717, 1.165) is 17.9 Å². The Morgan fingerprint density at radius 1 is 1.73 bits per heavy atom. The SMILES string of the molecule is O=NCC[C@@H]1C=C(Cl)C=CC1. The van der Waals surface area contributed by atoms with Crippen LogP contribution in [0.3, 0.4) is 0 Å². The molecule has 0 heterocycles. The van der Waals surface area contributed by atoms with Crippen LogP contribution in [0.1, 0.15) is 12.8 Å². The minimum atomic E-state index is 0.388. The van der Waals surface area contributed by atoms with Crippen molar-refractivity contribution in [2.45, 2.75) is 12.8 Å². The molecule has 0 unspecified atom stereocenters. The van der Waals surface area contributed by atoms with Crippen LogP contribution in [-0.4, -0.2) is 6.54 Å². The number of hydrogen-bond acceptors (Lipinski definition) is 2. The van der Waals surface area contributed by atoms with Gasteiger partial charge in [0, 0.05) is 5.03 Å². The van der Waals surface area contributed by atoms with Gasteiger partial charge in [-0.2, -0.15) is 4.91 Å². The summed E-state index contributed by atoms with van der Waals surface area (Å²) in [5.41, 5.74) is 0. The second-order valence-corrected chi connectivity index (χ2v) is 3.03. The third kappa shape index (κ3) is 2.85. The molecule has 3 heteroatoms. The monoisotopic (exact) mass is 171 g/mol. The molecular weight excluding hydrogens is 162 g/mol. The first-order valence-electron chi connectivity index (χ1n) is 3.66. The third-order valence-corrected chi connectivity index (χ3v) is 1.95. The molecule has 0 saturated carbocycles. The number of nitroso groups, excluding NO2 is 1. The zero-order valence-electron chi connectivity index (χ0n) is 6.16. The highest BCUT2D eigenvalue weighted by atomic mass is 35.5. The van der Waals surface area contributed by atoms with Crippen LogP contribution in [0.15, 0.2) is 28.4 Å². The van der Waals surface area contributed by atoms with Crippen molar-refractivity contribution < 1.29 is 0 Å². The van der Waals surface area contributed by atoms with E-state index in [9.17, 15) is 4.91 Å². The van der Waals surface area contributed by atoms with E-state index in [1.54, 1.807) is 0 Å². The Labute approximate surface area is 70.9 Å². The zero-order valence-corrected chi connectivity index (χ0v) is 6.92. The molecule has 1 aliphatic rings. The molecule has 0 saturated heterocycles. The van der Waals surface area contributed by atoms with E-state index in [1.807, 2.05) is 18.2 Å². The zero-order chi connectivity index (χ0) is 8.10. The van der Waals surface area contributed by atoms with Crippen LogP contribution in [-0.2, 0) is 0 Å². The van der Waals surface area contributed by atoms with E-state index in [4.69, 9.17) is 11.6 Å². The maximum Gasteiger partial charge on any atom is 0.0816 e. The van der Waals surface area contributed by atoms with Crippen LogP contribution in [0.4, 0.5) is 0 Å². The minimum Gasteiger partial charge on any atom is -0.151 e. The molecule has 2 nitrogen and oxygen atoms in total. The van der Waals surface area contributed by atoms with Crippen LogP contribution in [0.5, 0.6) is 0 Å². The quantitative estimate of drug-likeness (QED) is 0.601. The normalized spacial score (nSPS) is 23.0. The van der Waals surface area contributed by atoms with Crippen molar-refractivity contribution in [2.24, 2.45) is 11.1 Å². The van der Waals surface area contributed by atoms with E-state index < -0.39 is 0 Å². The third-order valence-electron chi connectivity index (χ3n) is 1.70. The first-order chi connectivity index (χ1) is 5.33. The van der Waals surface area contributed by atoms with Gasteiger partial charge in [-0.05, 0) is 24.8 Å². The summed E-state index contributed by atoms with van der Waals surface area (Å²) in [6.07, 6.45) is 7.67. The standard InChI is InChI=1S/C8H10ClNO/c9-8-3-1-2-7(6-8)4-5-10-11/h1,3,6-7H,2,4-5H2/t7-/m1/s1. The van der Waals surface area contributed by atoms with E-state index in [2.05, 4.69) is 5.18 Å². The van der Waals surface area contributed by atoms with Crippen molar-refractivity contribution in [3.63, 3.8) is 0 Å². The highest BCUT2D eigenvalue weighted by Crippen LogP contribution is 2.21. The number of hydrogen-bond donors (Lipinski definition) is 0. The van der Waals surface area contributed by atoms with E-state index in [-0.39, 0.29) is 0 Å². The van der Waals surface area contributed by atoms with Crippen molar-refractivity contribution >= 4 is 11.6 Å². The molecule has 1 atom stereocenters. The van der Waals surface area contributed by atoms with Crippen molar-refractivity contribution in [2.75, 3.05) is 6.54 Å². The van der Waals surface area contributed by atoms with Crippen LogP contribution < -0.4 is 0 Å². The number of nitrogens with zero attached hydrogens (tertiary/aromatic N) is 1. The van der Waals surface area contributed by atoms with Crippen LogP contribution in [0.2, 0.25) is 0 Å². The summed E-state index contributed by atoms with van der Waals surface area (Å²) in [5, 5.41) is 3.58. The largest absolute Gasteiger partial charge is 0.151 e. The van der Waals surface area contributed by atoms with Crippen molar-refractivity contribution in [1.82, 2.24) is 0 Å². The smallest absolute Gasteiger partial charge is 0.0816 e. The predicted octanol–water partition coefficient (Wildman–Crippen LogP) is 2.84.